The number of carbonyl (C=O) groups excluding carboxylic acids is 1. The predicted octanol–water partition coefficient (Wildman–Crippen LogP) is 0.741. The minimum absolute atomic E-state index is 0.0346. The van der Waals surface area contributed by atoms with Gasteiger partial charge in [-0.3, -0.25) is 0 Å². The number of nitrogens with one attached hydrogen (secondary N) is 1. The van der Waals surface area contributed by atoms with Gasteiger partial charge in [0.05, 0.1) is 6.10 Å². The quantitative estimate of drug-likeness (QED) is 0.713. The third-order valence-corrected chi connectivity index (χ3v) is 2.03. The monoisotopic (exact) mass is 243 g/mol. The number of rotatable bonds is 5. The van der Waals surface area contributed by atoms with Crippen molar-refractivity contribution in [3.63, 3.8) is 0 Å². The highest BCUT2D eigenvalue weighted by atomic mass is 19.1. The van der Waals surface area contributed by atoms with Crippen LogP contribution >= 0.6 is 0 Å². The number of nitrogens with two attached hydrogens (primary N) is 1. The Kier molecular flexibility index (Phi) is 4.84. The molecule has 0 heterocycles. The van der Waals surface area contributed by atoms with Crippen LogP contribution < -0.4 is 11.1 Å². The van der Waals surface area contributed by atoms with Gasteiger partial charge in [-0.15, -0.1) is 0 Å². The number of hydrogen-bond donors (Lipinski definition) is 3. The third-order valence-electron chi connectivity index (χ3n) is 2.03. The minimum atomic E-state index is -0.922. The molecule has 17 heavy (non-hydrogen) atoms. The first-order valence-electron chi connectivity index (χ1n) is 4.97. The molecule has 6 heteroatoms. The van der Waals surface area contributed by atoms with Crippen LogP contribution in [0.1, 0.15) is 5.56 Å². The summed E-state index contributed by atoms with van der Waals surface area (Å²) < 4.78 is 25.6. The maximum atomic E-state index is 12.8. The van der Waals surface area contributed by atoms with Gasteiger partial charge in [0, 0.05) is 12.6 Å². The van der Waals surface area contributed by atoms with E-state index in [0.717, 1.165) is 6.07 Å². The molecule has 0 saturated carbocycles. The van der Waals surface area contributed by atoms with Crippen molar-refractivity contribution in [2.45, 2.75) is 12.5 Å². The highest BCUT2D eigenvalue weighted by Gasteiger charge is 2.07. The van der Waals surface area contributed by atoms with E-state index in [9.17, 15) is 18.7 Å². The van der Waals surface area contributed by atoms with E-state index >= 15 is 0 Å². The normalized spacial score (nSPS) is 12.2. The maximum Gasteiger partial charge on any atom is 0.312 e. The molecule has 2 amide bonds. The molecule has 0 fully saturated rings. The Balaban J connectivity index is 2.41. The van der Waals surface area contributed by atoms with Gasteiger partial charge in [-0.05, 0) is 30.5 Å². The van der Waals surface area contributed by atoms with Gasteiger partial charge in [0.25, 0.3) is 0 Å². The van der Waals surface area contributed by atoms with E-state index < -0.39 is 23.8 Å². The maximum absolute atomic E-state index is 12.8. The largest absolute Gasteiger partial charge is 0.391 e. The lowest BCUT2D eigenvalue weighted by atomic mass is 10.1. The summed E-state index contributed by atoms with van der Waals surface area (Å²) in [6, 6.07) is 2.38. The van der Waals surface area contributed by atoms with Crippen molar-refractivity contribution in [2.75, 3.05) is 6.54 Å². The molecule has 0 spiro atoms. The molecule has 0 aliphatic rings. The van der Waals surface area contributed by atoms with E-state index in [1.165, 1.54) is 18.6 Å². The Hall–Kier alpha value is -1.69. The molecule has 1 unspecified atom stereocenters. The van der Waals surface area contributed by atoms with Crippen molar-refractivity contribution in [3.8, 4) is 0 Å². The second kappa shape index (κ2) is 6.15. The van der Waals surface area contributed by atoms with Crippen LogP contribution in [-0.4, -0.2) is 23.8 Å². The Bertz CT molecular complexity index is 379. The molecule has 4 nitrogen and oxygen atoms in total. The van der Waals surface area contributed by atoms with Crippen molar-refractivity contribution in [1.82, 2.24) is 5.32 Å². The van der Waals surface area contributed by atoms with Gasteiger partial charge < -0.3 is 16.2 Å². The van der Waals surface area contributed by atoms with Crippen LogP contribution in [0.15, 0.2) is 18.2 Å². The minimum Gasteiger partial charge on any atom is -0.391 e. The molecule has 0 aromatic heterocycles. The second-order valence-electron chi connectivity index (χ2n) is 3.53. The van der Waals surface area contributed by atoms with Crippen LogP contribution in [0.3, 0.4) is 0 Å². The molecule has 1 radical (unpaired) electrons. The smallest absolute Gasteiger partial charge is 0.312 e. The predicted molar refractivity (Wildman–Crippen MR) is 58.0 cm³/mol. The molecule has 93 valence electrons. The first-order chi connectivity index (χ1) is 7.97. The molecule has 0 saturated heterocycles. The average Bonchev–Trinajstić information content (AvgIpc) is 2.22. The molecule has 1 rings (SSSR count). The number of halogens is 2. The molecule has 1 atom stereocenters. The number of urea groups is 1. The summed E-state index contributed by atoms with van der Waals surface area (Å²) in [6.07, 6.45) is 0.689. The molecular formula is C11H13F2N2O2. The van der Waals surface area contributed by atoms with Gasteiger partial charge in [0.2, 0.25) is 0 Å². The fraction of sp³-hybridized carbons (Fsp3) is 0.273. The summed E-state index contributed by atoms with van der Waals surface area (Å²) in [4.78, 5) is 10.4. The highest BCUT2D eigenvalue weighted by Crippen LogP contribution is 2.10. The first kappa shape index (κ1) is 13.4. The fourth-order valence-electron chi connectivity index (χ4n) is 1.29. The number of benzene rings is 1. The van der Waals surface area contributed by atoms with E-state index in [1.54, 1.807) is 0 Å². The van der Waals surface area contributed by atoms with Crippen LogP contribution in [0, 0.1) is 18.1 Å². The SMILES string of the molecule is NC(=O)NCC(O)[CH]Cc1cc(F)cc(F)c1. The zero-order valence-electron chi connectivity index (χ0n) is 8.99. The molecule has 1 aromatic rings. The van der Waals surface area contributed by atoms with Crippen LogP contribution in [0.2, 0.25) is 0 Å². The lowest BCUT2D eigenvalue weighted by Gasteiger charge is -2.10. The van der Waals surface area contributed by atoms with E-state index in [-0.39, 0.29) is 13.0 Å². The van der Waals surface area contributed by atoms with E-state index in [2.05, 4.69) is 5.32 Å². The van der Waals surface area contributed by atoms with E-state index in [0.29, 0.717) is 5.56 Å². The Labute approximate surface area is 97.4 Å². The number of aliphatic hydroxyl groups is 1. The molecule has 0 bridgehead atoms. The Morgan fingerprint density at radius 2 is 2.00 bits per heavy atom. The van der Waals surface area contributed by atoms with Crippen LogP contribution in [-0.2, 0) is 6.42 Å². The molecule has 1 aromatic carbocycles. The summed E-state index contributed by atoms with van der Waals surface area (Å²) in [6.45, 7) is -0.0346. The van der Waals surface area contributed by atoms with Crippen molar-refractivity contribution in [2.24, 2.45) is 5.73 Å². The molecule has 4 N–H and O–H groups in total. The standard InChI is InChI=1S/C11H13F2N2O2/c12-8-3-7(4-9(13)5-8)1-2-10(16)6-15-11(14)17/h2-5,10,16H,1,6H2,(H3,14,15,17). The summed E-state index contributed by atoms with van der Waals surface area (Å²) >= 11 is 0. The number of amides is 2. The zero-order chi connectivity index (χ0) is 12.8. The topological polar surface area (TPSA) is 75.4 Å². The number of primary amides is 1. The summed E-state index contributed by atoms with van der Waals surface area (Å²) in [5, 5.41) is 11.6. The van der Waals surface area contributed by atoms with Crippen LogP contribution in [0.4, 0.5) is 13.6 Å². The molecule has 0 aliphatic heterocycles. The lowest BCUT2D eigenvalue weighted by Crippen LogP contribution is -2.36. The highest BCUT2D eigenvalue weighted by molar-refractivity contribution is 5.71. The fourth-order valence-corrected chi connectivity index (χ4v) is 1.29. The zero-order valence-corrected chi connectivity index (χ0v) is 8.99. The summed E-state index contributed by atoms with van der Waals surface area (Å²) in [5.41, 5.74) is 5.22. The first-order valence-corrected chi connectivity index (χ1v) is 4.97. The summed E-state index contributed by atoms with van der Waals surface area (Å²) in [7, 11) is 0. The number of hydrogen-bond acceptors (Lipinski definition) is 2. The third kappa shape index (κ3) is 5.26. The van der Waals surface area contributed by atoms with Crippen LogP contribution in [0.25, 0.3) is 0 Å². The number of carbonyl (C=O) groups is 1. The lowest BCUT2D eigenvalue weighted by molar-refractivity contribution is 0.197. The number of aliphatic hydroxyl groups excluding tert-OH is 1. The van der Waals surface area contributed by atoms with Crippen molar-refractivity contribution in [3.05, 3.63) is 41.8 Å². The van der Waals surface area contributed by atoms with Crippen molar-refractivity contribution < 1.29 is 18.7 Å². The molecule has 0 aliphatic carbocycles. The van der Waals surface area contributed by atoms with E-state index in [4.69, 9.17) is 5.73 Å². The van der Waals surface area contributed by atoms with Gasteiger partial charge in [0.15, 0.2) is 0 Å². The van der Waals surface area contributed by atoms with Crippen LogP contribution in [0.5, 0.6) is 0 Å². The average molecular weight is 243 g/mol. The van der Waals surface area contributed by atoms with Gasteiger partial charge in [-0.25, -0.2) is 13.6 Å². The molecular weight excluding hydrogens is 230 g/mol. The van der Waals surface area contributed by atoms with Crippen molar-refractivity contribution in [1.29, 1.82) is 0 Å². The Morgan fingerprint density at radius 3 is 2.53 bits per heavy atom. The second-order valence-corrected chi connectivity index (χ2v) is 3.53. The van der Waals surface area contributed by atoms with Gasteiger partial charge in [-0.2, -0.15) is 0 Å². The summed E-state index contributed by atoms with van der Waals surface area (Å²) in [5.74, 6) is -1.34. The van der Waals surface area contributed by atoms with E-state index in [1.807, 2.05) is 0 Å². The van der Waals surface area contributed by atoms with Gasteiger partial charge in [-0.1, -0.05) is 0 Å². The van der Waals surface area contributed by atoms with Gasteiger partial charge in [0.1, 0.15) is 11.6 Å². The Morgan fingerprint density at radius 1 is 1.41 bits per heavy atom. The van der Waals surface area contributed by atoms with Crippen molar-refractivity contribution >= 4 is 6.03 Å². The van der Waals surface area contributed by atoms with Gasteiger partial charge >= 0.3 is 6.03 Å².